The lowest BCUT2D eigenvalue weighted by Crippen LogP contribution is -2.51. The summed E-state index contributed by atoms with van der Waals surface area (Å²) in [4.78, 5) is 0.191. The number of rotatable bonds is 3. The zero-order chi connectivity index (χ0) is 12.6. The molecule has 1 aromatic rings. The number of hydrogen-bond acceptors (Lipinski definition) is 4. The summed E-state index contributed by atoms with van der Waals surface area (Å²) in [5, 5.41) is 6.19. The van der Waals surface area contributed by atoms with Crippen molar-refractivity contribution in [1.29, 1.82) is 0 Å². The van der Waals surface area contributed by atoms with Crippen LogP contribution < -0.4 is 4.72 Å². The quantitative estimate of drug-likeness (QED) is 0.851. The molecule has 3 rings (SSSR count). The van der Waals surface area contributed by atoms with Crippen molar-refractivity contribution in [3.8, 4) is 0 Å². The first kappa shape index (κ1) is 12.1. The Morgan fingerprint density at radius 3 is 2.94 bits per heavy atom. The standard InChI is InChI=1S/C11H17N3O3S/c15-18(16,10-7-12-13-8-10)14-9-2-5-17-11(6-9)3-1-4-11/h7-9,14H,1-6H2,(H,12,13). The smallest absolute Gasteiger partial charge is 0.243 e. The van der Waals surface area contributed by atoms with Crippen LogP contribution in [-0.2, 0) is 14.8 Å². The second-order valence-corrected chi connectivity index (χ2v) is 6.84. The fraction of sp³-hybridized carbons (Fsp3) is 0.727. The summed E-state index contributed by atoms with van der Waals surface area (Å²) < 4.78 is 32.7. The Hall–Kier alpha value is -0.920. The van der Waals surface area contributed by atoms with Gasteiger partial charge in [0.2, 0.25) is 10.0 Å². The third-order valence-corrected chi connectivity index (χ3v) is 5.35. The first-order valence-corrected chi connectivity index (χ1v) is 7.73. The number of hydrogen-bond donors (Lipinski definition) is 2. The van der Waals surface area contributed by atoms with Crippen molar-refractivity contribution in [2.75, 3.05) is 6.61 Å². The van der Waals surface area contributed by atoms with Crippen molar-refractivity contribution >= 4 is 10.0 Å². The Labute approximate surface area is 106 Å². The summed E-state index contributed by atoms with van der Waals surface area (Å²) in [7, 11) is -3.45. The van der Waals surface area contributed by atoms with Crippen LogP contribution in [0.15, 0.2) is 17.3 Å². The van der Waals surface area contributed by atoms with Crippen molar-refractivity contribution in [2.45, 2.75) is 48.6 Å². The molecule has 1 aliphatic carbocycles. The topological polar surface area (TPSA) is 84.1 Å². The van der Waals surface area contributed by atoms with Crippen molar-refractivity contribution in [3.05, 3.63) is 12.4 Å². The van der Waals surface area contributed by atoms with Gasteiger partial charge in [-0.15, -0.1) is 0 Å². The number of aromatic nitrogens is 2. The van der Waals surface area contributed by atoms with E-state index in [1.54, 1.807) is 0 Å². The van der Waals surface area contributed by atoms with Crippen molar-refractivity contribution in [1.82, 2.24) is 14.9 Å². The molecule has 0 radical (unpaired) electrons. The molecule has 1 saturated heterocycles. The molecule has 1 aromatic heterocycles. The number of aromatic amines is 1. The van der Waals surface area contributed by atoms with Gasteiger partial charge in [0.05, 0.1) is 11.8 Å². The summed E-state index contributed by atoms with van der Waals surface area (Å²) in [6, 6.07) is -0.0288. The van der Waals surface area contributed by atoms with E-state index in [2.05, 4.69) is 14.9 Å². The molecule has 1 spiro atoms. The van der Waals surface area contributed by atoms with Crippen LogP contribution in [0.2, 0.25) is 0 Å². The van der Waals surface area contributed by atoms with E-state index in [0.29, 0.717) is 6.61 Å². The fourth-order valence-electron chi connectivity index (χ4n) is 2.72. The van der Waals surface area contributed by atoms with E-state index in [4.69, 9.17) is 4.74 Å². The lowest BCUT2D eigenvalue weighted by molar-refractivity contribution is -0.133. The zero-order valence-corrected chi connectivity index (χ0v) is 10.9. The molecule has 6 nitrogen and oxygen atoms in total. The van der Waals surface area contributed by atoms with E-state index in [1.807, 2.05) is 0 Å². The average Bonchev–Trinajstić information content (AvgIpc) is 2.80. The SMILES string of the molecule is O=S(=O)(NC1CCOC2(CCC2)C1)c1cn[nH]c1. The first-order chi connectivity index (χ1) is 8.60. The van der Waals surface area contributed by atoms with E-state index >= 15 is 0 Å². The molecule has 18 heavy (non-hydrogen) atoms. The Morgan fingerprint density at radius 1 is 1.50 bits per heavy atom. The molecule has 1 aliphatic heterocycles. The highest BCUT2D eigenvalue weighted by Crippen LogP contribution is 2.42. The van der Waals surface area contributed by atoms with Gasteiger partial charge in [0.1, 0.15) is 4.90 Å². The van der Waals surface area contributed by atoms with Crippen LogP contribution in [0.3, 0.4) is 0 Å². The van der Waals surface area contributed by atoms with Crippen LogP contribution in [-0.4, -0.2) is 36.9 Å². The fourth-order valence-corrected chi connectivity index (χ4v) is 3.90. The third-order valence-electron chi connectivity index (χ3n) is 3.86. The highest BCUT2D eigenvalue weighted by Gasteiger charge is 2.43. The first-order valence-electron chi connectivity index (χ1n) is 6.25. The maximum absolute atomic E-state index is 12.1. The Bertz CT molecular complexity index is 508. The van der Waals surface area contributed by atoms with Gasteiger partial charge in [-0.05, 0) is 32.1 Å². The minimum absolute atomic E-state index is 0.0288. The van der Waals surface area contributed by atoms with E-state index < -0.39 is 10.0 Å². The van der Waals surface area contributed by atoms with Crippen molar-refractivity contribution in [2.24, 2.45) is 0 Å². The second kappa shape index (κ2) is 4.32. The highest BCUT2D eigenvalue weighted by molar-refractivity contribution is 7.89. The summed E-state index contributed by atoms with van der Waals surface area (Å²) in [5.74, 6) is 0. The Morgan fingerprint density at radius 2 is 2.33 bits per heavy atom. The van der Waals surface area contributed by atoms with Gasteiger partial charge in [-0.1, -0.05) is 0 Å². The molecule has 0 aromatic carbocycles. The minimum atomic E-state index is -3.45. The van der Waals surface area contributed by atoms with Crippen LogP contribution in [0.1, 0.15) is 32.1 Å². The van der Waals surface area contributed by atoms with Gasteiger partial charge in [-0.25, -0.2) is 13.1 Å². The predicted octanol–water partition coefficient (Wildman–Crippen LogP) is 0.790. The molecule has 1 unspecified atom stereocenters. The third kappa shape index (κ3) is 2.17. The summed E-state index contributed by atoms with van der Waals surface area (Å²) in [6.45, 7) is 0.637. The second-order valence-electron chi connectivity index (χ2n) is 5.13. The molecule has 2 fully saturated rings. The summed E-state index contributed by atoms with van der Waals surface area (Å²) in [5.41, 5.74) is -0.0537. The number of nitrogens with zero attached hydrogens (tertiary/aromatic N) is 1. The monoisotopic (exact) mass is 271 g/mol. The largest absolute Gasteiger partial charge is 0.375 e. The molecule has 0 amide bonds. The maximum Gasteiger partial charge on any atom is 0.243 e. The molecule has 7 heteroatoms. The van der Waals surface area contributed by atoms with Crippen molar-refractivity contribution in [3.63, 3.8) is 0 Å². The van der Waals surface area contributed by atoms with Gasteiger partial charge in [-0.3, -0.25) is 5.10 Å². The van der Waals surface area contributed by atoms with E-state index in [1.165, 1.54) is 18.8 Å². The molecule has 2 heterocycles. The average molecular weight is 271 g/mol. The molecule has 2 aliphatic rings. The van der Waals surface area contributed by atoms with Crippen LogP contribution in [0.25, 0.3) is 0 Å². The zero-order valence-electron chi connectivity index (χ0n) is 10.1. The lowest BCUT2D eigenvalue weighted by atomic mass is 9.74. The normalized spacial score (nSPS) is 27.0. The van der Waals surface area contributed by atoms with Crippen LogP contribution in [0, 0.1) is 0 Å². The van der Waals surface area contributed by atoms with Crippen LogP contribution >= 0.6 is 0 Å². The van der Waals surface area contributed by atoms with Gasteiger partial charge < -0.3 is 4.74 Å². The van der Waals surface area contributed by atoms with Gasteiger partial charge in [0.25, 0.3) is 0 Å². The van der Waals surface area contributed by atoms with Gasteiger partial charge >= 0.3 is 0 Å². The van der Waals surface area contributed by atoms with Gasteiger partial charge in [-0.2, -0.15) is 5.10 Å². The number of H-pyrrole nitrogens is 1. The van der Waals surface area contributed by atoms with Gasteiger partial charge in [0, 0.05) is 18.8 Å². The van der Waals surface area contributed by atoms with E-state index in [9.17, 15) is 8.42 Å². The summed E-state index contributed by atoms with van der Waals surface area (Å²) >= 11 is 0. The Kier molecular flexibility index (Phi) is 2.91. The Balaban J connectivity index is 1.69. The molecule has 0 bridgehead atoms. The number of sulfonamides is 1. The molecule has 100 valence electrons. The number of ether oxygens (including phenoxy) is 1. The lowest BCUT2D eigenvalue weighted by Gasteiger charge is -2.47. The molecule has 1 atom stereocenters. The molecule has 1 saturated carbocycles. The molecule has 2 N–H and O–H groups in total. The summed E-state index contributed by atoms with van der Waals surface area (Å²) in [6.07, 6.45) is 7.51. The highest BCUT2D eigenvalue weighted by atomic mass is 32.2. The van der Waals surface area contributed by atoms with Crippen LogP contribution in [0.5, 0.6) is 0 Å². The molecular formula is C11H17N3O3S. The molecular weight excluding hydrogens is 254 g/mol. The van der Waals surface area contributed by atoms with Crippen molar-refractivity contribution < 1.29 is 13.2 Å². The van der Waals surface area contributed by atoms with E-state index in [0.717, 1.165) is 25.7 Å². The predicted molar refractivity (Wildman–Crippen MR) is 64.5 cm³/mol. The maximum atomic E-state index is 12.1. The van der Waals surface area contributed by atoms with Gasteiger partial charge in [0.15, 0.2) is 0 Å². The van der Waals surface area contributed by atoms with E-state index in [-0.39, 0.29) is 16.5 Å². The van der Waals surface area contributed by atoms with Crippen LogP contribution in [0.4, 0.5) is 0 Å². The number of nitrogens with one attached hydrogen (secondary N) is 2. The minimum Gasteiger partial charge on any atom is -0.375 e.